The van der Waals surface area contributed by atoms with Gasteiger partial charge in [0.15, 0.2) is 5.96 Å². The fraction of sp³-hybridized carbons (Fsp3) is 0.737. The third-order valence-corrected chi connectivity index (χ3v) is 4.94. The van der Waals surface area contributed by atoms with Gasteiger partial charge in [-0.1, -0.05) is 0 Å². The fourth-order valence-electron chi connectivity index (χ4n) is 3.42. The number of halogens is 1. The Bertz CT molecular complexity index is 662. The van der Waals surface area contributed by atoms with Gasteiger partial charge in [-0.2, -0.15) is 5.10 Å². The molecule has 2 fully saturated rings. The maximum atomic E-state index is 12.6. The molecular weight excluding hydrogens is 487 g/mol. The lowest BCUT2D eigenvalue weighted by molar-refractivity contribution is -0.120. The zero-order chi connectivity index (χ0) is 19.8. The normalized spacial score (nSPS) is 20.1. The third kappa shape index (κ3) is 7.10. The molecule has 0 saturated carbocycles. The number of rotatable bonds is 8. The molecule has 3 rings (SSSR count). The summed E-state index contributed by atoms with van der Waals surface area (Å²) in [7, 11) is 1.85. The molecule has 1 amide bonds. The summed E-state index contributed by atoms with van der Waals surface area (Å²) in [5, 5.41) is 7.45. The van der Waals surface area contributed by atoms with Crippen molar-refractivity contribution < 1.29 is 14.3 Å². The lowest BCUT2D eigenvalue weighted by atomic mass is 10.1. The Labute approximate surface area is 189 Å². The van der Waals surface area contributed by atoms with Gasteiger partial charge < -0.3 is 24.6 Å². The van der Waals surface area contributed by atoms with Crippen molar-refractivity contribution in [2.75, 3.05) is 64.1 Å². The van der Waals surface area contributed by atoms with E-state index in [2.05, 4.69) is 15.4 Å². The summed E-state index contributed by atoms with van der Waals surface area (Å²) in [4.78, 5) is 21.1. The molecule has 9 nitrogen and oxygen atoms in total. The summed E-state index contributed by atoms with van der Waals surface area (Å²) in [6, 6.07) is 0. The first-order valence-electron chi connectivity index (χ1n) is 10.1. The molecule has 1 aromatic rings. The van der Waals surface area contributed by atoms with Crippen LogP contribution in [0.15, 0.2) is 17.4 Å². The summed E-state index contributed by atoms with van der Waals surface area (Å²) >= 11 is 0. The summed E-state index contributed by atoms with van der Waals surface area (Å²) in [5.41, 5.74) is 0.846. The summed E-state index contributed by atoms with van der Waals surface area (Å²) in [6.45, 7) is 8.33. The predicted octanol–water partition coefficient (Wildman–Crippen LogP) is 1.10. The van der Waals surface area contributed by atoms with Crippen LogP contribution in [0.4, 0.5) is 5.69 Å². The van der Waals surface area contributed by atoms with E-state index in [1.807, 2.05) is 25.1 Å². The van der Waals surface area contributed by atoms with Crippen LogP contribution in [-0.4, -0.2) is 85.7 Å². The zero-order valence-corrected chi connectivity index (χ0v) is 19.7. The van der Waals surface area contributed by atoms with Crippen molar-refractivity contribution in [2.45, 2.75) is 19.8 Å². The van der Waals surface area contributed by atoms with Gasteiger partial charge in [0.05, 0.1) is 25.1 Å². The molecule has 2 aliphatic rings. The van der Waals surface area contributed by atoms with E-state index in [0.717, 1.165) is 57.4 Å². The van der Waals surface area contributed by atoms with Gasteiger partial charge in [0.25, 0.3) is 0 Å². The highest BCUT2D eigenvalue weighted by atomic mass is 127. The van der Waals surface area contributed by atoms with Crippen molar-refractivity contribution in [2.24, 2.45) is 18.0 Å². The van der Waals surface area contributed by atoms with Crippen LogP contribution in [0.25, 0.3) is 0 Å². The minimum absolute atomic E-state index is 0. The first kappa shape index (κ1) is 23.9. The number of aryl methyl sites for hydroxylation is 1. The zero-order valence-electron chi connectivity index (χ0n) is 17.4. The van der Waals surface area contributed by atoms with Crippen LogP contribution in [0.1, 0.15) is 19.8 Å². The highest BCUT2D eigenvalue weighted by Gasteiger charge is 2.27. The van der Waals surface area contributed by atoms with Gasteiger partial charge in [0.1, 0.15) is 6.54 Å². The van der Waals surface area contributed by atoms with Crippen LogP contribution >= 0.6 is 24.0 Å². The summed E-state index contributed by atoms with van der Waals surface area (Å²) in [6.07, 6.45) is 5.56. The van der Waals surface area contributed by atoms with Gasteiger partial charge in [-0.3, -0.25) is 14.5 Å². The van der Waals surface area contributed by atoms with Crippen molar-refractivity contribution >= 4 is 41.5 Å². The largest absolute Gasteiger partial charge is 0.381 e. The van der Waals surface area contributed by atoms with Gasteiger partial charge in [-0.25, -0.2) is 0 Å². The molecular formula is C19H33IN6O3. The van der Waals surface area contributed by atoms with E-state index in [4.69, 9.17) is 9.47 Å². The molecule has 0 aliphatic carbocycles. The molecule has 1 unspecified atom stereocenters. The van der Waals surface area contributed by atoms with Gasteiger partial charge in [0.2, 0.25) is 5.91 Å². The molecule has 10 heteroatoms. The number of amides is 1. The number of aliphatic imine (C=N–C) groups is 1. The monoisotopic (exact) mass is 520 g/mol. The van der Waals surface area contributed by atoms with Crippen LogP contribution < -0.4 is 10.2 Å². The Morgan fingerprint density at radius 2 is 2.31 bits per heavy atom. The number of hydrogen-bond donors (Lipinski definition) is 1. The molecule has 2 aliphatic heterocycles. The van der Waals surface area contributed by atoms with Gasteiger partial charge >= 0.3 is 0 Å². The standard InChI is InChI=1S/C19H32N6O3.HI/c1-3-20-19(21-6-4-9-27-14-16-5-10-28-15-16)24-7-8-25(18(26)13-24)17-11-22-23(2)12-17;/h11-12,16H,3-10,13-15H2,1-2H3,(H,20,21);1H. The molecule has 0 spiro atoms. The van der Waals surface area contributed by atoms with Gasteiger partial charge in [-0.05, 0) is 19.8 Å². The van der Waals surface area contributed by atoms with Crippen molar-refractivity contribution in [1.29, 1.82) is 0 Å². The molecule has 3 heterocycles. The lowest BCUT2D eigenvalue weighted by Gasteiger charge is -2.35. The number of guanidine groups is 1. The topological polar surface area (TPSA) is 84.2 Å². The summed E-state index contributed by atoms with van der Waals surface area (Å²) < 4.78 is 12.8. The Balaban J connectivity index is 0.00000300. The second-order valence-corrected chi connectivity index (χ2v) is 7.23. The quantitative estimate of drug-likeness (QED) is 0.239. The van der Waals surface area contributed by atoms with Crippen molar-refractivity contribution in [3.63, 3.8) is 0 Å². The van der Waals surface area contributed by atoms with E-state index in [1.165, 1.54) is 0 Å². The minimum Gasteiger partial charge on any atom is -0.381 e. The summed E-state index contributed by atoms with van der Waals surface area (Å²) in [5.74, 6) is 1.40. The average molecular weight is 520 g/mol. The second-order valence-electron chi connectivity index (χ2n) is 7.23. The molecule has 1 N–H and O–H groups in total. The SMILES string of the molecule is CCNC(=NCCCOCC1CCOC1)N1CCN(c2cnn(C)c2)C(=O)C1.I. The minimum atomic E-state index is 0. The van der Waals surface area contributed by atoms with E-state index in [1.54, 1.807) is 15.8 Å². The fourth-order valence-corrected chi connectivity index (χ4v) is 3.42. The highest BCUT2D eigenvalue weighted by Crippen LogP contribution is 2.16. The van der Waals surface area contributed by atoms with E-state index < -0.39 is 0 Å². The number of anilines is 1. The number of aromatic nitrogens is 2. The second kappa shape index (κ2) is 12.3. The molecule has 1 aromatic heterocycles. The molecule has 1 atom stereocenters. The Hall–Kier alpha value is -1.40. The third-order valence-electron chi connectivity index (χ3n) is 4.94. The maximum Gasteiger partial charge on any atom is 0.246 e. The van der Waals surface area contributed by atoms with Crippen LogP contribution in [0.5, 0.6) is 0 Å². The number of carbonyl (C=O) groups excluding carboxylic acids is 1. The number of hydrogen-bond acceptors (Lipinski definition) is 5. The van der Waals surface area contributed by atoms with Gasteiger partial charge in [-0.15, -0.1) is 24.0 Å². The molecule has 29 heavy (non-hydrogen) atoms. The average Bonchev–Trinajstić information content (AvgIpc) is 3.35. The van der Waals surface area contributed by atoms with E-state index in [-0.39, 0.29) is 29.9 Å². The Morgan fingerprint density at radius 1 is 1.45 bits per heavy atom. The number of nitrogens with zero attached hydrogens (tertiary/aromatic N) is 5. The molecule has 164 valence electrons. The van der Waals surface area contributed by atoms with Crippen LogP contribution in [0, 0.1) is 5.92 Å². The lowest BCUT2D eigenvalue weighted by Crippen LogP contribution is -2.55. The Morgan fingerprint density at radius 3 is 2.97 bits per heavy atom. The number of nitrogens with one attached hydrogen (secondary N) is 1. The molecule has 2 saturated heterocycles. The number of piperazine rings is 1. The first-order valence-corrected chi connectivity index (χ1v) is 10.1. The maximum absolute atomic E-state index is 12.6. The van der Waals surface area contributed by atoms with Crippen molar-refractivity contribution in [1.82, 2.24) is 20.0 Å². The number of carbonyl (C=O) groups is 1. The smallest absolute Gasteiger partial charge is 0.246 e. The molecule has 0 radical (unpaired) electrons. The van der Waals surface area contributed by atoms with Crippen molar-refractivity contribution in [3.8, 4) is 0 Å². The van der Waals surface area contributed by atoms with E-state index >= 15 is 0 Å². The van der Waals surface area contributed by atoms with E-state index in [0.29, 0.717) is 32.2 Å². The van der Waals surface area contributed by atoms with Crippen molar-refractivity contribution in [3.05, 3.63) is 12.4 Å². The van der Waals surface area contributed by atoms with Crippen LogP contribution in [-0.2, 0) is 21.3 Å². The van der Waals surface area contributed by atoms with E-state index in [9.17, 15) is 4.79 Å². The first-order chi connectivity index (χ1) is 13.7. The Kier molecular flexibility index (Phi) is 10.2. The predicted molar refractivity (Wildman–Crippen MR) is 123 cm³/mol. The highest BCUT2D eigenvalue weighted by molar-refractivity contribution is 14.0. The molecule has 0 aromatic carbocycles. The van der Waals surface area contributed by atoms with Crippen LogP contribution in [0.3, 0.4) is 0 Å². The molecule has 0 bridgehead atoms. The van der Waals surface area contributed by atoms with Crippen LogP contribution in [0.2, 0.25) is 0 Å². The van der Waals surface area contributed by atoms with Gasteiger partial charge in [0, 0.05) is 58.6 Å². The number of ether oxygens (including phenoxy) is 2.